The first-order valence-corrected chi connectivity index (χ1v) is 7.30. The van der Waals surface area contributed by atoms with Crippen LogP contribution in [-0.2, 0) is 0 Å². The van der Waals surface area contributed by atoms with Crippen LogP contribution >= 0.6 is 0 Å². The number of benzene rings is 2. The fourth-order valence-corrected chi connectivity index (χ4v) is 2.43. The molecule has 1 unspecified atom stereocenters. The molecule has 122 valence electrons. The summed E-state index contributed by atoms with van der Waals surface area (Å²) in [5, 5.41) is 2.83. The Morgan fingerprint density at radius 2 is 1.83 bits per heavy atom. The van der Waals surface area contributed by atoms with Gasteiger partial charge in [0.25, 0.3) is 5.91 Å². The maximum atomic E-state index is 12.4. The van der Waals surface area contributed by atoms with Crippen LogP contribution in [0, 0.1) is 13.8 Å². The van der Waals surface area contributed by atoms with Crippen molar-refractivity contribution in [3.63, 3.8) is 0 Å². The third-order valence-corrected chi connectivity index (χ3v) is 3.60. The monoisotopic (exact) mass is 319 g/mol. The normalized spacial score (nSPS) is 12.1. The van der Waals surface area contributed by atoms with Crippen LogP contribution in [0.15, 0.2) is 42.5 Å². The van der Waals surface area contributed by atoms with Gasteiger partial charge in [-0.15, -0.1) is 0 Å². The van der Waals surface area contributed by atoms with Crippen LogP contribution in [-0.4, -0.2) is 12.5 Å². The molecule has 2 rings (SSSR count). The van der Waals surface area contributed by atoms with Crippen LogP contribution in [0.2, 0.25) is 0 Å². The molecule has 0 fully saturated rings. The van der Waals surface area contributed by atoms with Crippen molar-refractivity contribution in [1.82, 2.24) is 5.32 Å². The van der Waals surface area contributed by atoms with E-state index in [1.165, 1.54) is 12.1 Å². The molecular formula is C18H19F2NO2. The molecule has 1 atom stereocenters. The zero-order valence-corrected chi connectivity index (χ0v) is 13.3. The predicted molar refractivity (Wildman–Crippen MR) is 84.9 cm³/mol. The van der Waals surface area contributed by atoms with Gasteiger partial charge >= 0.3 is 6.61 Å². The van der Waals surface area contributed by atoms with Gasteiger partial charge in [-0.1, -0.05) is 35.9 Å². The fraction of sp³-hybridized carbons (Fsp3) is 0.278. The van der Waals surface area contributed by atoms with E-state index in [0.29, 0.717) is 0 Å². The first-order chi connectivity index (χ1) is 10.9. The van der Waals surface area contributed by atoms with Crippen LogP contribution in [0.1, 0.15) is 40.0 Å². The first kappa shape index (κ1) is 16.9. The van der Waals surface area contributed by atoms with E-state index < -0.39 is 12.5 Å². The molecule has 0 spiro atoms. The number of ether oxygens (including phenoxy) is 1. The second-order valence-corrected chi connectivity index (χ2v) is 5.43. The molecule has 2 aromatic carbocycles. The number of rotatable bonds is 5. The van der Waals surface area contributed by atoms with E-state index in [4.69, 9.17) is 0 Å². The number of amides is 1. The van der Waals surface area contributed by atoms with Gasteiger partial charge in [-0.2, -0.15) is 8.78 Å². The highest BCUT2D eigenvalue weighted by Crippen LogP contribution is 2.23. The standard InChI is InChI=1S/C18H19F2NO2/c1-11-8-9-12(2)15(10-11)13(3)21-17(22)14-6-4-5-7-16(14)23-18(19)20/h4-10,13,18H,1-3H3,(H,21,22). The molecule has 0 saturated carbocycles. The lowest BCUT2D eigenvalue weighted by Crippen LogP contribution is -2.27. The zero-order valence-electron chi connectivity index (χ0n) is 13.3. The smallest absolute Gasteiger partial charge is 0.387 e. The van der Waals surface area contributed by atoms with Crippen molar-refractivity contribution in [2.75, 3.05) is 0 Å². The van der Waals surface area contributed by atoms with Gasteiger partial charge in [0.15, 0.2) is 0 Å². The lowest BCUT2D eigenvalue weighted by molar-refractivity contribution is -0.0501. The van der Waals surface area contributed by atoms with E-state index in [1.54, 1.807) is 12.1 Å². The number of hydrogen-bond donors (Lipinski definition) is 1. The Hall–Kier alpha value is -2.43. The van der Waals surface area contributed by atoms with Gasteiger partial charge in [0.05, 0.1) is 11.6 Å². The third kappa shape index (κ3) is 4.28. The summed E-state index contributed by atoms with van der Waals surface area (Å²) in [6.07, 6.45) is 0. The molecule has 23 heavy (non-hydrogen) atoms. The fourth-order valence-electron chi connectivity index (χ4n) is 2.43. The molecule has 1 N–H and O–H groups in total. The van der Waals surface area contributed by atoms with Crippen LogP contribution in [0.3, 0.4) is 0 Å². The Labute approximate surface area is 134 Å². The number of hydrogen-bond acceptors (Lipinski definition) is 2. The minimum atomic E-state index is -2.97. The Bertz CT molecular complexity index is 701. The largest absolute Gasteiger partial charge is 0.434 e. The Morgan fingerprint density at radius 1 is 1.13 bits per heavy atom. The van der Waals surface area contributed by atoms with Crippen molar-refractivity contribution < 1.29 is 18.3 Å². The Kier molecular flexibility index (Phi) is 5.32. The molecule has 3 nitrogen and oxygen atoms in total. The molecular weight excluding hydrogens is 300 g/mol. The summed E-state index contributed by atoms with van der Waals surface area (Å²) in [4.78, 5) is 12.4. The lowest BCUT2D eigenvalue weighted by atomic mass is 9.99. The Balaban J connectivity index is 2.20. The molecule has 0 aliphatic carbocycles. The third-order valence-electron chi connectivity index (χ3n) is 3.60. The summed E-state index contributed by atoms with van der Waals surface area (Å²) in [6.45, 7) is 2.82. The molecule has 0 aliphatic heterocycles. The minimum Gasteiger partial charge on any atom is -0.434 e. The Morgan fingerprint density at radius 3 is 2.52 bits per heavy atom. The molecule has 0 aliphatic rings. The van der Waals surface area contributed by atoms with Crippen molar-refractivity contribution in [2.45, 2.75) is 33.4 Å². The molecule has 0 heterocycles. The first-order valence-electron chi connectivity index (χ1n) is 7.30. The van der Waals surface area contributed by atoms with Crippen molar-refractivity contribution >= 4 is 5.91 Å². The van der Waals surface area contributed by atoms with Crippen LogP contribution < -0.4 is 10.1 Å². The van der Waals surface area contributed by atoms with Gasteiger partial charge in [-0.3, -0.25) is 4.79 Å². The van der Waals surface area contributed by atoms with E-state index in [1.807, 2.05) is 39.0 Å². The summed E-state index contributed by atoms with van der Waals surface area (Å²) in [7, 11) is 0. The van der Waals surface area contributed by atoms with Crippen LogP contribution in [0.4, 0.5) is 8.78 Å². The number of alkyl halides is 2. The predicted octanol–water partition coefficient (Wildman–Crippen LogP) is 4.40. The SMILES string of the molecule is Cc1ccc(C)c(C(C)NC(=O)c2ccccc2OC(F)F)c1. The van der Waals surface area contributed by atoms with Crippen molar-refractivity contribution in [3.05, 3.63) is 64.7 Å². The highest BCUT2D eigenvalue weighted by molar-refractivity contribution is 5.97. The van der Waals surface area contributed by atoms with Gasteiger partial charge in [0, 0.05) is 0 Å². The van der Waals surface area contributed by atoms with Gasteiger partial charge < -0.3 is 10.1 Å². The maximum absolute atomic E-state index is 12.4. The summed E-state index contributed by atoms with van der Waals surface area (Å²) in [5.74, 6) is -0.581. The number of para-hydroxylation sites is 1. The summed E-state index contributed by atoms with van der Waals surface area (Å²) >= 11 is 0. The zero-order chi connectivity index (χ0) is 17.0. The highest BCUT2D eigenvalue weighted by Gasteiger charge is 2.18. The summed E-state index contributed by atoms with van der Waals surface area (Å²) < 4.78 is 29.3. The molecule has 5 heteroatoms. The highest BCUT2D eigenvalue weighted by atomic mass is 19.3. The van der Waals surface area contributed by atoms with Crippen molar-refractivity contribution in [2.24, 2.45) is 0 Å². The van der Waals surface area contributed by atoms with Gasteiger partial charge in [-0.25, -0.2) is 0 Å². The lowest BCUT2D eigenvalue weighted by Gasteiger charge is -2.18. The maximum Gasteiger partial charge on any atom is 0.387 e. The summed E-state index contributed by atoms with van der Waals surface area (Å²) in [6, 6.07) is 11.7. The van der Waals surface area contributed by atoms with E-state index in [9.17, 15) is 13.6 Å². The average Bonchev–Trinajstić information content (AvgIpc) is 2.49. The van der Waals surface area contributed by atoms with Gasteiger partial charge in [-0.05, 0) is 44.0 Å². The second kappa shape index (κ2) is 7.22. The quantitative estimate of drug-likeness (QED) is 0.887. The van der Waals surface area contributed by atoms with Crippen LogP contribution in [0.5, 0.6) is 5.75 Å². The molecule has 0 radical (unpaired) electrons. The topological polar surface area (TPSA) is 38.3 Å². The molecule has 0 bridgehead atoms. The average molecular weight is 319 g/mol. The number of carbonyl (C=O) groups is 1. The minimum absolute atomic E-state index is 0.0879. The van der Waals surface area contributed by atoms with E-state index in [2.05, 4.69) is 10.1 Å². The second-order valence-electron chi connectivity index (χ2n) is 5.43. The number of halogens is 2. The van der Waals surface area contributed by atoms with Crippen molar-refractivity contribution in [3.8, 4) is 5.75 Å². The van der Waals surface area contributed by atoms with E-state index >= 15 is 0 Å². The van der Waals surface area contributed by atoms with E-state index in [0.717, 1.165) is 16.7 Å². The summed E-state index contributed by atoms with van der Waals surface area (Å²) in [5.41, 5.74) is 3.23. The molecule has 0 saturated heterocycles. The molecule has 2 aromatic rings. The number of nitrogens with one attached hydrogen (secondary N) is 1. The number of aryl methyl sites for hydroxylation is 2. The molecule has 0 aromatic heterocycles. The molecule has 1 amide bonds. The van der Waals surface area contributed by atoms with Gasteiger partial charge in [0.1, 0.15) is 5.75 Å². The van der Waals surface area contributed by atoms with E-state index in [-0.39, 0.29) is 17.4 Å². The van der Waals surface area contributed by atoms with Crippen molar-refractivity contribution in [1.29, 1.82) is 0 Å². The number of carbonyl (C=O) groups excluding carboxylic acids is 1. The van der Waals surface area contributed by atoms with Crippen LogP contribution in [0.25, 0.3) is 0 Å². The van der Waals surface area contributed by atoms with Gasteiger partial charge in [0.2, 0.25) is 0 Å².